The number of phosphoric acid groups is 1. The van der Waals surface area contributed by atoms with Gasteiger partial charge < -0.3 is 20.1 Å². The van der Waals surface area contributed by atoms with E-state index in [-0.39, 0.29) is 32.6 Å². The molecule has 0 aromatic rings. The molecule has 0 saturated carbocycles. The minimum Gasteiger partial charge on any atom is -0.462 e. The largest absolute Gasteiger partial charge is 0.472 e. The number of rotatable bonds is 44. The predicted octanol–water partition coefficient (Wildman–Crippen LogP) is 14.2. The van der Waals surface area contributed by atoms with Crippen molar-refractivity contribution in [2.75, 3.05) is 26.4 Å². The Kier molecular flexibility index (Phi) is 44.0. The molecule has 0 amide bonds. The highest BCUT2D eigenvalue weighted by Gasteiger charge is 2.25. The van der Waals surface area contributed by atoms with Crippen LogP contribution in [0.15, 0.2) is 72.9 Å². The lowest BCUT2D eigenvalue weighted by molar-refractivity contribution is -0.161. The Balaban J connectivity index is 4.19. The first kappa shape index (κ1) is 57.4. The second-order valence-corrected chi connectivity index (χ2v) is 17.1. The molecule has 9 nitrogen and oxygen atoms in total. The molecule has 0 rings (SSSR count). The molecule has 0 aliphatic carbocycles. The maximum absolute atomic E-state index is 12.6. The van der Waals surface area contributed by atoms with Gasteiger partial charge in [-0.3, -0.25) is 18.6 Å². The summed E-state index contributed by atoms with van der Waals surface area (Å²) in [5, 5.41) is 0. The van der Waals surface area contributed by atoms with Crippen molar-refractivity contribution in [1.82, 2.24) is 0 Å². The number of hydrogen-bond acceptors (Lipinski definition) is 8. The van der Waals surface area contributed by atoms with E-state index in [1.54, 1.807) is 0 Å². The van der Waals surface area contributed by atoms with Gasteiger partial charge in [-0.2, -0.15) is 0 Å². The van der Waals surface area contributed by atoms with E-state index >= 15 is 0 Å². The van der Waals surface area contributed by atoms with Crippen LogP contribution in [0.4, 0.5) is 0 Å². The molecule has 60 heavy (non-hydrogen) atoms. The summed E-state index contributed by atoms with van der Waals surface area (Å²) < 4.78 is 32.8. The highest BCUT2D eigenvalue weighted by Crippen LogP contribution is 2.43. The highest BCUT2D eigenvalue weighted by molar-refractivity contribution is 7.47. The minimum absolute atomic E-state index is 0.0397. The van der Waals surface area contributed by atoms with E-state index in [2.05, 4.69) is 74.6 Å². The SMILES string of the molecule is CC/C=C/C/C=C/C/C=C/C/C=C/C/C=C/C/C=C/CCC(=O)O[C@H](COC(=O)CCCCCCCCCCCCCCCCCCCCCC)COP(=O)(O)OCCN. The standard InChI is InChI=1S/C50H88NO8P/c1-3-5-7-9-11-13-15-17-19-21-23-25-26-28-30-32-34-36-38-40-42-49(52)56-46-48(47-58-60(54,55)57-45-44-51)59-50(53)43-41-39-37-35-33-31-29-27-24-22-20-18-16-14-12-10-8-6-4-2/h6,8,12,14,18,20,24,27,31,33,37,39,48H,3-5,7,9-11,13,15-17,19,21-23,25-26,28-30,32,34-36,38,40-47,51H2,1-2H3,(H,54,55)/b8-6+,14-12+,20-18+,27-24+,33-31+,39-37+/t48-/m1/s1. The van der Waals surface area contributed by atoms with Gasteiger partial charge in [0.2, 0.25) is 0 Å². The zero-order chi connectivity index (χ0) is 43.9. The molecule has 0 fully saturated rings. The normalized spacial score (nSPS) is 13.9. The van der Waals surface area contributed by atoms with Crippen LogP contribution in [-0.2, 0) is 32.7 Å². The predicted molar refractivity (Wildman–Crippen MR) is 252 cm³/mol. The molecule has 0 heterocycles. The van der Waals surface area contributed by atoms with Gasteiger partial charge in [0.05, 0.1) is 13.2 Å². The zero-order valence-electron chi connectivity index (χ0n) is 38.2. The molecule has 0 radical (unpaired) electrons. The third kappa shape index (κ3) is 45.0. The molecule has 346 valence electrons. The van der Waals surface area contributed by atoms with Crippen molar-refractivity contribution in [1.29, 1.82) is 0 Å². The van der Waals surface area contributed by atoms with Crippen LogP contribution >= 0.6 is 7.82 Å². The molecule has 2 atom stereocenters. The number of hydrogen-bond donors (Lipinski definition) is 2. The lowest BCUT2D eigenvalue weighted by atomic mass is 10.0. The van der Waals surface area contributed by atoms with E-state index in [1.165, 1.54) is 109 Å². The van der Waals surface area contributed by atoms with Crippen LogP contribution in [0.1, 0.15) is 200 Å². The quantitative estimate of drug-likeness (QED) is 0.0266. The number of carbonyl (C=O) groups is 2. The topological polar surface area (TPSA) is 134 Å². The molecular formula is C50H88NO8P. The average Bonchev–Trinajstić information content (AvgIpc) is 3.24. The van der Waals surface area contributed by atoms with Crippen molar-refractivity contribution in [2.24, 2.45) is 5.73 Å². The van der Waals surface area contributed by atoms with Crippen molar-refractivity contribution >= 4 is 19.8 Å². The van der Waals surface area contributed by atoms with Gasteiger partial charge in [0.1, 0.15) is 6.61 Å². The lowest BCUT2D eigenvalue weighted by Crippen LogP contribution is -2.29. The summed E-state index contributed by atoms with van der Waals surface area (Å²) in [6, 6.07) is 0. The van der Waals surface area contributed by atoms with Gasteiger partial charge in [-0.25, -0.2) is 4.57 Å². The maximum atomic E-state index is 12.6. The monoisotopic (exact) mass is 862 g/mol. The molecule has 0 aromatic heterocycles. The molecule has 0 aromatic carbocycles. The van der Waals surface area contributed by atoms with Gasteiger partial charge in [-0.05, 0) is 51.4 Å². The van der Waals surface area contributed by atoms with Crippen LogP contribution in [0, 0.1) is 0 Å². The van der Waals surface area contributed by atoms with E-state index < -0.39 is 32.5 Å². The smallest absolute Gasteiger partial charge is 0.462 e. The van der Waals surface area contributed by atoms with E-state index in [9.17, 15) is 19.0 Å². The summed E-state index contributed by atoms with van der Waals surface area (Å²) in [6.45, 7) is 3.55. The number of allylic oxidation sites excluding steroid dienone is 12. The van der Waals surface area contributed by atoms with E-state index in [4.69, 9.17) is 24.3 Å². The average molecular weight is 862 g/mol. The second kappa shape index (κ2) is 46.0. The number of phosphoric ester groups is 1. The Morgan fingerprint density at radius 2 is 0.917 bits per heavy atom. The second-order valence-electron chi connectivity index (χ2n) is 15.6. The first-order chi connectivity index (χ1) is 29.3. The number of nitrogens with two attached hydrogens (primary N) is 1. The first-order valence-corrected chi connectivity index (χ1v) is 25.4. The van der Waals surface area contributed by atoms with Gasteiger partial charge in [0, 0.05) is 19.4 Å². The zero-order valence-corrected chi connectivity index (χ0v) is 39.1. The summed E-state index contributed by atoms with van der Waals surface area (Å²) in [4.78, 5) is 34.9. The Bertz CT molecular complexity index is 1210. The first-order valence-electron chi connectivity index (χ1n) is 23.9. The fourth-order valence-corrected chi connectivity index (χ4v) is 7.13. The highest BCUT2D eigenvalue weighted by atomic mass is 31.2. The van der Waals surface area contributed by atoms with Gasteiger partial charge in [-0.1, -0.05) is 209 Å². The van der Waals surface area contributed by atoms with Crippen LogP contribution < -0.4 is 5.73 Å². The fraction of sp³-hybridized carbons (Fsp3) is 0.720. The van der Waals surface area contributed by atoms with Gasteiger partial charge in [0.25, 0.3) is 0 Å². The van der Waals surface area contributed by atoms with Crippen LogP contribution in [0.2, 0.25) is 0 Å². The summed E-state index contributed by atoms with van der Waals surface area (Å²) in [5.41, 5.74) is 5.35. The third-order valence-electron chi connectivity index (χ3n) is 9.87. The number of ether oxygens (including phenoxy) is 2. The Hall–Kier alpha value is -2.55. The van der Waals surface area contributed by atoms with Crippen molar-refractivity contribution in [3.63, 3.8) is 0 Å². The Morgan fingerprint density at radius 3 is 1.33 bits per heavy atom. The summed E-state index contributed by atoms with van der Waals surface area (Å²) in [5.74, 6) is -0.924. The van der Waals surface area contributed by atoms with Gasteiger partial charge in [0.15, 0.2) is 6.10 Å². The Morgan fingerprint density at radius 1 is 0.517 bits per heavy atom. The molecule has 3 N–H and O–H groups in total. The molecule has 0 aliphatic heterocycles. The van der Waals surface area contributed by atoms with Crippen LogP contribution in [0.25, 0.3) is 0 Å². The Labute approximate surface area is 367 Å². The number of unbranched alkanes of at least 4 members (excludes halogenated alkanes) is 19. The van der Waals surface area contributed by atoms with Crippen LogP contribution in [0.3, 0.4) is 0 Å². The van der Waals surface area contributed by atoms with Crippen molar-refractivity contribution < 1.29 is 37.6 Å². The molecule has 10 heteroatoms. The molecule has 0 saturated heterocycles. The third-order valence-corrected chi connectivity index (χ3v) is 10.9. The van der Waals surface area contributed by atoms with Crippen molar-refractivity contribution in [2.45, 2.75) is 206 Å². The van der Waals surface area contributed by atoms with Crippen LogP contribution in [0.5, 0.6) is 0 Å². The summed E-state index contributed by atoms with van der Waals surface area (Å²) >= 11 is 0. The lowest BCUT2D eigenvalue weighted by Gasteiger charge is -2.19. The minimum atomic E-state index is -4.40. The maximum Gasteiger partial charge on any atom is 0.472 e. The molecule has 0 spiro atoms. The van der Waals surface area contributed by atoms with Gasteiger partial charge >= 0.3 is 19.8 Å². The molecule has 1 unspecified atom stereocenters. The summed E-state index contributed by atoms with van der Waals surface area (Å²) in [6.07, 6.45) is 56.7. The molecule has 0 bridgehead atoms. The van der Waals surface area contributed by atoms with Gasteiger partial charge in [-0.15, -0.1) is 0 Å². The molecular weight excluding hydrogens is 774 g/mol. The fourth-order valence-electron chi connectivity index (χ4n) is 6.37. The van der Waals surface area contributed by atoms with Crippen LogP contribution in [-0.4, -0.2) is 49.3 Å². The number of carbonyl (C=O) groups excluding carboxylic acids is 2. The van der Waals surface area contributed by atoms with E-state index in [0.717, 1.165) is 57.8 Å². The number of esters is 2. The van der Waals surface area contributed by atoms with Crippen molar-refractivity contribution in [3.05, 3.63) is 72.9 Å². The van der Waals surface area contributed by atoms with Crippen molar-refractivity contribution in [3.8, 4) is 0 Å². The molecule has 0 aliphatic rings. The van der Waals surface area contributed by atoms with E-state index in [1.807, 2.05) is 12.2 Å². The summed E-state index contributed by atoms with van der Waals surface area (Å²) in [7, 11) is -4.40. The van der Waals surface area contributed by atoms with E-state index in [0.29, 0.717) is 6.42 Å².